The zero-order chi connectivity index (χ0) is 12.0. The van der Waals surface area contributed by atoms with E-state index >= 15 is 0 Å². The lowest BCUT2D eigenvalue weighted by Crippen LogP contribution is -2.67. The molecule has 2 aliphatic rings. The molecule has 3 heteroatoms. The summed E-state index contributed by atoms with van der Waals surface area (Å²) in [5.41, 5.74) is -0.229. The summed E-state index contributed by atoms with van der Waals surface area (Å²) in [7, 11) is 0. The quantitative estimate of drug-likeness (QED) is 0.784. The van der Waals surface area contributed by atoms with E-state index in [0.717, 1.165) is 38.8 Å². The normalized spacial score (nSPS) is 39.1. The number of aliphatic carboxylic acids is 1. The van der Waals surface area contributed by atoms with Crippen LogP contribution in [0.1, 0.15) is 46.5 Å². The molecule has 1 aliphatic heterocycles. The monoisotopic (exact) mass is 225 g/mol. The highest BCUT2D eigenvalue weighted by Gasteiger charge is 2.52. The molecule has 0 radical (unpaired) electrons. The topological polar surface area (TPSA) is 40.5 Å². The lowest BCUT2D eigenvalue weighted by molar-refractivity contribution is -0.166. The van der Waals surface area contributed by atoms with Gasteiger partial charge in [0.1, 0.15) is 5.54 Å². The minimum atomic E-state index is -0.602. The van der Waals surface area contributed by atoms with Crippen molar-refractivity contribution in [3.8, 4) is 0 Å². The van der Waals surface area contributed by atoms with Gasteiger partial charge in [-0.1, -0.05) is 20.8 Å². The molecule has 0 aromatic heterocycles. The Morgan fingerprint density at radius 2 is 1.75 bits per heavy atom. The van der Waals surface area contributed by atoms with Crippen molar-refractivity contribution in [3.63, 3.8) is 0 Å². The van der Waals surface area contributed by atoms with E-state index in [4.69, 9.17) is 0 Å². The van der Waals surface area contributed by atoms with Crippen molar-refractivity contribution in [2.24, 2.45) is 11.3 Å². The Labute approximate surface area is 97.8 Å². The first-order valence-electron chi connectivity index (χ1n) is 6.34. The number of rotatable bonds is 2. The largest absolute Gasteiger partial charge is 0.480 e. The maximum absolute atomic E-state index is 11.6. The number of carboxylic acid groups (broad SMARTS) is 1. The summed E-state index contributed by atoms with van der Waals surface area (Å²) in [4.78, 5) is 13.8. The van der Waals surface area contributed by atoms with Crippen LogP contribution in [0.3, 0.4) is 0 Å². The van der Waals surface area contributed by atoms with Crippen LogP contribution in [0.5, 0.6) is 0 Å². The fourth-order valence-electron chi connectivity index (χ4n) is 3.19. The molecule has 92 valence electrons. The smallest absolute Gasteiger partial charge is 0.324 e. The fourth-order valence-corrected chi connectivity index (χ4v) is 3.19. The Balaban J connectivity index is 2.09. The van der Waals surface area contributed by atoms with Gasteiger partial charge in [-0.2, -0.15) is 0 Å². The van der Waals surface area contributed by atoms with E-state index < -0.39 is 11.5 Å². The van der Waals surface area contributed by atoms with Crippen LogP contribution in [0, 0.1) is 11.3 Å². The van der Waals surface area contributed by atoms with Crippen LogP contribution < -0.4 is 0 Å². The van der Waals surface area contributed by atoms with Gasteiger partial charge in [-0.15, -0.1) is 0 Å². The molecule has 1 heterocycles. The van der Waals surface area contributed by atoms with Gasteiger partial charge < -0.3 is 5.11 Å². The predicted molar refractivity (Wildman–Crippen MR) is 63.4 cm³/mol. The summed E-state index contributed by atoms with van der Waals surface area (Å²) in [6, 6.07) is 0. The number of nitrogens with zero attached hydrogens (tertiary/aromatic N) is 1. The first kappa shape index (κ1) is 11.9. The Morgan fingerprint density at radius 1 is 1.25 bits per heavy atom. The molecular weight excluding hydrogens is 202 g/mol. The third-order valence-corrected chi connectivity index (χ3v) is 4.34. The van der Waals surface area contributed by atoms with Crippen molar-refractivity contribution < 1.29 is 9.90 Å². The Morgan fingerprint density at radius 3 is 2.12 bits per heavy atom. The maximum atomic E-state index is 11.6. The molecule has 0 aromatic rings. The highest BCUT2D eigenvalue weighted by atomic mass is 16.4. The van der Waals surface area contributed by atoms with Crippen molar-refractivity contribution in [1.82, 2.24) is 4.90 Å². The molecule has 1 saturated heterocycles. The van der Waals surface area contributed by atoms with Crippen LogP contribution in [0.4, 0.5) is 0 Å². The SMILES string of the molecule is CC1CCC(C(=O)O)(N2CC(C)(C)C2)CC1. The standard InChI is InChI=1S/C13H23NO2/c1-10-4-6-13(7-5-10,11(15)16)14-8-12(2,3)9-14/h10H,4-9H2,1-3H3,(H,15,16). The minimum absolute atomic E-state index is 0.311. The Hall–Kier alpha value is -0.570. The van der Waals surface area contributed by atoms with Crippen LogP contribution >= 0.6 is 0 Å². The summed E-state index contributed by atoms with van der Waals surface area (Å²) in [5.74, 6) is 0.0941. The second-order valence-electron chi connectivity index (χ2n) is 6.54. The number of carboxylic acids is 1. The van der Waals surface area contributed by atoms with Crippen molar-refractivity contribution in [2.45, 2.75) is 52.0 Å². The van der Waals surface area contributed by atoms with Gasteiger partial charge >= 0.3 is 5.97 Å². The molecule has 16 heavy (non-hydrogen) atoms. The van der Waals surface area contributed by atoms with Gasteiger partial charge in [0.05, 0.1) is 0 Å². The lowest BCUT2D eigenvalue weighted by Gasteiger charge is -2.56. The summed E-state index contributed by atoms with van der Waals surface area (Å²) < 4.78 is 0. The zero-order valence-electron chi connectivity index (χ0n) is 10.6. The van der Waals surface area contributed by atoms with E-state index in [1.54, 1.807) is 0 Å². The second-order valence-corrected chi connectivity index (χ2v) is 6.54. The van der Waals surface area contributed by atoms with Crippen LogP contribution in [0.25, 0.3) is 0 Å². The van der Waals surface area contributed by atoms with Gasteiger partial charge in [0.2, 0.25) is 0 Å². The molecule has 0 atom stereocenters. The van der Waals surface area contributed by atoms with Gasteiger partial charge in [-0.05, 0) is 37.0 Å². The van der Waals surface area contributed by atoms with Gasteiger partial charge in [0, 0.05) is 13.1 Å². The summed E-state index contributed by atoms with van der Waals surface area (Å²) in [5, 5.41) is 9.54. The average molecular weight is 225 g/mol. The molecule has 0 amide bonds. The number of hydrogen-bond acceptors (Lipinski definition) is 2. The molecule has 1 aliphatic carbocycles. The average Bonchev–Trinajstić information content (AvgIpc) is 2.15. The van der Waals surface area contributed by atoms with Crippen molar-refractivity contribution in [1.29, 1.82) is 0 Å². The van der Waals surface area contributed by atoms with Crippen LogP contribution in [0.15, 0.2) is 0 Å². The highest BCUT2D eigenvalue weighted by molar-refractivity contribution is 5.79. The summed E-state index contributed by atoms with van der Waals surface area (Å²) in [6.45, 7) is 8.53. The Kier molecular flexibility index (Phi) is 2.77. The van der Waals surface area contributed by atoms with Crippen LogP contribution in [-0.4, -0.2) is 34.6 Å². The number of hydrogen-bond donors (Lipinski definition) is 1. The van der Waals surface area contributed by atoms with Gasteiger partial charge in [0.25, 0.3) is 0 Å². The number of carbonyl (C=O) groups is 1. The van der Waals surface area contributed by atoms with E-state index in [0.29, 0.717) is 11.3 Å². The molecule has 2 fully saturated rings. The first-order valence-corrected chi connectivity index (χ1v) is 6.34. The molecule has 0 bridgehead atoms. The minimum Gasteiger partial charge on any atom is -0.480 e. The molecule has 1 N–H and O–H groups in total. The molecular formula is C13H23NO2. The van der Waals surface area contributed by atoms with Crippen LogP contribution in [0.2, 0.25) is 0 Å². The van der Waals surface area contributed by atoms with Crippen molar-refractivity contribution in [2.75, 3.05) is 13.1 Å². The van der Waals surface area contributed by atoms with Crippen molar-refractivity contribution >= 4 is 5.97 Å². The van der Waals surface area contributed by atoms with E-state index in [1.165, 1.54) is 0 Å². The Bertz CT molecular complexity index is 282. The lowest BCUT2D eigenvalue weighted by atomic mass is 9.71. The van der Waals surface area contributed by atoms with E-state index in [9.17, 15) is 9.90 Å². The molecule has 0 aromatic carbocycles. The summed E-state index contributed by atoms with van der Waals surface area (Å²) in [6.07, 6.45) is 3.78. The highest BCUT2D eigenvalue weighted by Crippen LogP contribution is 2.43. The molecule has 0 spiro atoms. The third-order valence-electron chi connectivity index (χ3n) is 4.34. The van der Waals surface area contributed by atoms with E-state index in [-0.39, 0.29) is 0 Å². The van der Waals surface area contributed by atoms with Gasteiger partial charge in [-0.3, -0.25) is 9.69 Å². The zero-order valence-corrected chi connectivity index (χ0v) is 10.6. The fraction of sp³-hybridized carbons (Fsp3) is 0.923. The maximum Gasteiger partial charge on any atom is 0.324 e. The molecule has 1 saturated carbocycles. The second kappa shape index (κ2) is 3.73. The molecule has 2 rings (SSSR count). The summed E-state index contributed by atoms with van der Waals surface area (Å²) >= 11 is 0. The molecule has 3 nitrogen and oxygen atoms in total. The third kappa shape index (κ3) is 1.86. The predicted octanol–water partition coefficient (Wildman–Crippen LogP) is 2.36. The van der Waals surface area contributed by atoms with E-state index in [2.05, 4.69) is 25.7 Å². The van der Waals surface area contributed by atoms with E-state index in [1.807, 2.05) is 0 Å². The van der Waals surface area contributed by atoms with Crippen LogP contribution in [-0.2, 0) is 4.79 Å². The van der Waals surface area contributed by atoms with Gasteiger partial charge in [-0.25, -0.2) is 0 Å². The van der Waals surface area contributed by atoms with Gasteiger partial charge in [0.15, 0.2) is 0 Å². The number of likely N-dealkylation sites (tertiary alicyclic amines) is 1. The first-order chi connectivity index (χ1) is 7.36. The van der Waals surface area contributed by atoms with Crippen molar-refractivity contribution in [3.05, 3.63) is 0 Å². The molecule has 0 unspecified atom stereocenters.